The summed E-state index contributed by atoms with van der Waals surface area (Å²) in [4.78, 5) is 13.4. The van der Waals surface area contributed by atoms with E-state index in [1.165, 1.54) is 25.0 Å². The molecule has 0 spiro atoms. The molecule has 1 aromatic rings. The number of carboxylic acid groups (broad SMARTS) is 1. The lowest BCUT2D eigenvalue weighted by molar-refractivity contribution is 0.0693. The van der Waals surface area contributed by atoms with Gasteiger partial charge in [0, 0.05) is 6.54 Å². The van der Waals surface area contributed by atoms with Gasteiger partial charge in [0.2, 0.25) is 0 Å². The van der Waals surface area contributed by atoms with Crippen molar-refractivity contribution in [3.8, 4) is 0 Å². The highest BCUT2D eigenvalue weighted by molar-refractivity contribution is 5.94. The van der Waals surface area contributed by atoms with Crippen LogP contribution in [0.1, 0.15) is 29.6 Å². The maximum atomic E-state index is 13.5. The number of halogens is 1. The van der Waals surface area contributed by atoms with Gasteiger partial charge in [-0.2, -0.15) is 0 Å². The van der Waals surface area contributed by atoms with E-state index in [0.29, 0.717) is 18.2 Å². The number of hydrogen-bond acceptors (Lipinski definition) is 3. The van der Waals surface area contributed by atoms with E-state index in [9.17, 15) is 9.18 Å². The Balaban J connectivity index is 1.88. The SMILES string of the molecule is CN1CCC(CCNc2cccc(F)c2C(=O)O)CC1. The van der Waals surface area contributed by atoms with E-state index in [-0.39, 0.29) is 5.56 Å². The molecule has 0 aliphatic carbocycles. The van der Waals surface area contributed by atoms with Gasteiger partial charge >= 0.3 is 5.97 Å². The molecule has 1 fully saturated rings. The Hall–Kier alpha value is -1.62. The van der Waals surface area contributed by atoms with E-state index >= 15 is 0 Å². The summed E-state index contributed by atoms with van der Waals surface area (Å²) in [5.41, 5.74) is 0.0984. The van der Waals surface area contributed by atoms with E-state index in [1.807, 2.05) is 0 Å². The van der Waals surface area contributed by atoms with Crippen LogP contribution in [0.25, 0.3) is 0 Å². The minimum absolute atomic E-state index is 0.268. The number of anilines is 1. The summed E-state index contributed by atoms with van der Waals surface area (Å²) in [5, 5.41) is 12.1. The lowest BCUT2D eigenvalue weighted by Crippen LogP contribution is -2.30. The zero-order valence-corrected chi connectivity index (χ0v) is 11.7. The summed E-state index contributed by atoms with van der Waals surface area (Å²) in [7, 11) is 2.13. The molecule has 2 rings (SSSR count). The van der Waals surface area contributed by atoms with Crippen LogP contribution in [0, 0.1) is 11.7 Å². The number of rotatable bonds is 5. The van der Waals surface area contributed by atoms with E-state index in [0.717, 1.165) is 19.5 Å². The fourth-order valence-electron chi connectivity index (χ4n) is 2.65. The Morgan fingerprint density at radius 3 is 2.80 bits per heavy atom. The molecule has 5 heteroatoms. The molecule has 1 saturated heterocycles. The first kappa shape index (κ1) is 14.8. The molecular weight excluding hydrogens is 259 g/mol. The Bertz CT molecular complexity index is 471. The third-order valence-electron chi connectivity index (χ3n) is 3.93. The average Bonchev–Trinajstić information content (AvgIpc) is 2.40. The van der Waals surface area contributed by atoms with Crippen LogP contribution in [0.3, 0.4) is 0 Å². The van der Waals surface area contributed by atoms with Crippen molar-refractivity contribution in [1.29, 1.82) is 0 Å². The number of nitrogens with one attached hydrogen (secondary N) is 1. The smallest absolute Gasteiger partial charge is 0.340 e. The van der Waals surface area contributed by atoms with Gasteiger partial charge < -0.3 is 15.3 Å². The molecule has 0 atom stereocenters. The first-order chi connectivity index (χ1) is 9.58. The van der Waals surface area contributed by atoms with E-state index < -0.39 is 11.8 Å². The molecule has 20 heavy (non-hydrogen) atoms. The molecule has 2 N–H and O–H groups in total. The molecular formula is C15H21FN2O2. The standard InChI is InChI=1S/C15H21FN2O2/c1-18-9-6-11(7-10-18)5-8-17-13-4-2-3-12(16)14(13)15(19)20/h2-4,11,17H,5-10H2,1H3,(H,19,20). The quantitative estimate of drug-likeness (QED) is 0.870. The highest BCUT2D eigenvalue weighted by Crippen LogP contribution is 2.22. The van der Waals surface area contributed by atoms with Crippen molar-refractivity contribution in [3.05, 3.63) is 29.6 Å². The molecule has 1 aliphatic rings. The Kier molecular flexibility index (Phi) is 4.95. The van der Waals surface area contributed by atoms with Gasteiger partial charge in [-0.25, -0.2) is 9.18 Å². The maximum absolute atomic E-state index is 13.5. The summed E-state index contributed by atoms with van der Waals surface area (Å²) >= 11 is 0. The van der Waals surface area contributed by atoms with Crippen molar-refractivity contribution < 1.29 is 14.3 Å². The van der Waals surface area contributed by atoms with Crippen molar-refractivity contribution in [2.75, 3.05) is 32.0 Å². The van der Waals surface area contributed by atoms with Crippen LogP contribution in [0.15, 0.2) is 18.2 Å². The predicted molar refractivity (Wildman–Crippen MR) is 76.7 cm³/mol. The van der Waals surface area contributed by atoms with Crippen LogP contribution in [0.4, 0.5) is 10.1 Å². The topological polar surface area (TPSA) is 52.6 Å². The third-order valence-corrected chi connectivity index (χ3v) is 3.93. The second-order valence-electron chi connectivity index (χ2n) is 5.43. The lowest BCUT2D eigenvalue weighted by Gasteiger charge is -2.29. The van der Waals surface area contributed by atoms with E-state index in [4.69, 9.17) is 5.11 Å². The minimum Gasteiger partial charge on any atom is -0.478 e. The molecule has 0 aromatic heterocycles. The lowest BCUT2D eigenvalue weighted by atomic mass is 9.94. The summed E-state index contributed by atoms with van der Waals surface area (Å²) in [6.45, 7) is 2.91. The molecule has 0 radical (unpaired) electrons. The van der Waals surface area contributed by atoms with Gasteiger partial charge in [0.15, 0.2) is 0 Å². The van der Waals surface area contributed by atoms with Gasteiger partial charge in [0.1, 0.15) is 11.4 Å². The van der Waals surface area contributed by atoms with Crippen molar-refractivity contribution in [2.45, 2.75) is 19.3 Å². The van der Waals surface area contributed by atoms with Gasteiger partial charge in [0.25, 0.3) is 0 Å². The van der Waals surface area contributed by atoms with Crippen LogP contribution < -0.4 is 5.32 Å². The van der Waals surface area contributed by atoms with Crippen molar-refractivity contribution in [1.82, 2.24) is 4.90 Å². The molecule has 0 amide bonds. The van der Waals surface area contributed by atoms with Crippen molar-refractivity contribution in [3.63, 3.8) is 0 Å². The van der Waals surface area contributed by atoms with Gasteiger partial charge in [-0.15, -0.1) is 0 Å². The largest absolute Gasteiger partial charge is 0.478 e. The number of nitrogens with zero attached hydrogens (tertiary/aromatic N) is 1. The number of carbonyl (C=O) groups is 1. The zero-order chi connectivity index (χ0) is 14.5. The second kappa shape index (κ2) is 6.70. The van der Waals surface area contributed by atoms with Crippen LogP contribution >= 0.6 is 0 Å². The number of hydrogen-bond donors (Lipinski definition) is 2. The van der Waals surface area contributed by atoms with E-state index in [2.05, 4.69) is 17.3 Å². The Morgan fingerprint density at radius 1 is 1.45 bits per heavy atom. The van der Waals surface area contributed by atoms with Crippen LogP contribution in [0.5, 0.6) is 0 Å². The summed E-state index contributed by atoms with van der Waals surface area (Å²) < 4.78 is 13.5. The first-order valence-corrected chi connectivity index (χ1v) is 7.02. The van der Waals surface area contributed by atoms with Crippen molar-refractivity contribution >= 4 is 11.7 Å². The Morgan fingerprint density at radius 2 is 2.15 bits per heavy atom. The zero-order valence-electron chi connectivity index (χ0n) is 11.7. The fourth-order valence-corrected chi connectivity index (χ4v) is 2.65. The normalized spacial score (nSPS) is 17.1. The maximum Gasteiger partial charge on any atom is 0.340 e. The number of likely N-dealkylation sites (tertiary alicyclic amines) is 1. The van der Waals surface area contributed by atoms with Gasteiger partial charge in [-0.05, 0) is 57.5 Å². The highest BCUT2D eigenvalue weighted by atomic mass is 19.1. The average molecular weight is 280 g/mol. The summed E-state index contributed by atoms with van der Waals surface area (Å²) in [6.07, 6.45) is 3.34. The van der Waals surface area contributed by atoms with Crippen molar-refractivity contribution in [2.24, 2.45) is 5.92 Å². The predicted octanol–water partition coefficient (Wildman–Crippen LogP) is 2.67. The summed E-state index contributed by atoms with van der Waals surface area (Å²) in [6, 6.07) is 4.31. The number of piperidine rings is 1. The number of benzene rings is 1. The molecule has 1 heterocycles. The van der Waals surface area contributed by atoms with Crippen LogP contribution in [-0.4, -0.2) is 42.7 Å². The summed E-state index contributed by atoms with van der Waals surface area (Å²) in [5.74, 6) is -1.26. The van der Waals surface area contributed by atoms with Crippen LogP contribution in [-0.2, 0) is 0 Å². The van der Waals surface area contributed by atoms with Crippen LogP contribution in [0.2, 0.25) is 0 Å². The number of aromatic carboxylic acids is 1. The molecule has 110 valence electrons. The molecule has 0 unspecified atom stereocenters. The molecule has 1 aliphatic heterocycles. The number of carboxylic acids is 1. The van der Waals surface area contributed by atoms with Gasteiger partial charge in [0.05, 0.1) is 5.69 Å². The Labute approximate surface area is 118 Å². The third kappa shape index (κ3) is 3.70. The molecule has 0 saturated carbocycles. The molecule has 0 bridgehead atoms. The highest BCUT2D eigenvalue weighted by Gasteiger charge is 2.18. The molecule has 1 aromatic carbocycles. The monoisotopic (exact) mass is 280 g/mol. The first-order valence-electron chi connectivity index (χ1n) is 7.02. The molecule has 4 nitrogen and oxygen atoms in total. The van der Waals surface area contributed by atoms with Gasteiger partial charge in [-0.1, -0.05) is 6.07 Å². The second-order valence-corrected chi connectivity index (χ2v) is 5.43. The minimum atomic E-state index is -1.23. The van der Waals surface area contributed by atoms with E-state index in [1.54, 1.807) is 6.07 Å². The van der Waals surface area contributed by atoms with Gasteiger partial charge in [-0.3, -0.25) is 0 Å². The fraction of sp³-hybridized carbons (Fsp3) is 0.533.